The third-order valence-corrected chi connectivity index (χ3v) is 5.87. The van der Waals surface area contributed by atoms with Gasteiger partial charge >= 0.3 is 0 Å². The van der Waals surface area contributed by atoms with Gasteiger partial charge in [0.1, 0.15) is 11.1 Å². The first-order valence-electron chi connectivity index (χ1n) is 8.82. The topological polar surface area (TPSA) is 109 Å². The van der Waals surface area contributed by atoms with Gasteiger partial charge in [-0.1, -0.05) is 30.8 Å². The Kier molecular flexibility index (Phi) is 5.77. The van der Waals surface area contributed by atoms with Crippen LogP contribution in [0.3, 0.4) is 0 Å². The van der Waals surface area contributed by atoms with Crippen LogP contribution in [0.15, 0.2) is 35.4 Å². The van der Waals surface area contributed by atoms with E-state index in [-0.39, 0.29) is 11.5 Å². The van der Waals surface area contributed by atoms with Crippen molar-refractivity contribution in [2.45, 2.75) is 42.9 Å². The molecule has 1 heterocycles. The Balaban J connectivity index is 1.81. The number of carbonyl (C=O) groups is 2. The summed E-state index contributed by atoms with van der Waals surface area (Å²) < 4.78 is 0. The number of nitrogens with one attached hydrogen (secondary N) is 1. The van der Waals surface area contributed by atoms with Gasteiger partial charge in [0.15, 0.2) is 0 Å². The minimum atomic E-state index is -0.598. The number of hydrogen-bond acceptors (Lipinski definition) is 5. The molecule has 1 aliphatic rings. The number of para-hydroxylation sites is 1. The first-order chi connectivity index (χ1) is 13.0. The van der Waals surface area contributed by atoms with Crippen LogP contribution in [-0.2, 0) is 17.6 Å². The number of primary amides is 1. The molecule has 2 amide bonds. The van der Waals surface area contributed by atoms with Crippen LogP contribution >= 0.6 is 11.8 Å². The first-order valence-corrected chi connectivity index (χ1v) is 9.70. The molecule has 3 N–H and O–H groups in total. The molecule has 0 radical (unpaired) electrons. The number of nitrogens with zero attached hydrogens (tertiary/aromatic N) is 2. The molecule has 0 aliphatic heterocycles. The van der Waals surface area contributed by atoms with Crippen LogP contribution in [0.2, 0.25) is 0 Å². The fourth-order valence-corrected chi connectivity index (χ4v) is 4.10. The van der Waals surface area contributed by atoms with E-state index in [9.17, 15) is 14.9 Å². The number of nitrogens with two attached hydrogens (primary N) is 1. The molecule has 2 aromatic rings. The molecule has 1 aromatic carbocycles. The van der Waals surface area contributed by atoms with Gasteiger partial charge in [0.2, 0.25) is 5.91 Å². The van der Waals surface area contributed by atoms with Crippen LogP contribution in [-0.4, -0.2) is 22.0 Å². The molecule has 3 rings (SSSR count). The average Bonchev–Trinajstić information content (AvgIpc) is 3.12. The van der Waals surface area contributed by atoms with Crippen molar-refractivity contribution in [3.05, 3.63) is 52.7 Å². The minimum Gasteiger partial charge on any atom is -0.366 e. The minimum absolute atomic E-state index is 0.248. The lowest BCUT2D eigenvalue weighted by atomic mass is 10.1. The van der Waals surface area contributed by atoms with Crippen LogP contribution in [0.25, 0.3) is 0 Å². The highest BCUT2D eigenvalue weighted by molar-refractivity contribution is 8.00. The normalized spacial score (nSPS) is 13.5. The SMILES string of the molecule is CCC(Sc1nc2c(cc1C#N)CCC2)C(=O)Nc1ccccc1C(N)=O. The zero-order valence-electron chi connectivity index (χ0n) is 15.0. The summed E-state index contributed by atoms with van der Waals surface area (Å²) in [7, 11) is 0. The van der Waals surface area contributed by atoms with Gasteiger partial charge in [0.25, 0.3) is 5.91 Å². The number of rotatable bonds is 6. The summed E-state index contributed by atoms with van der Waals surface area (Å²) in [5.41, 5.74) is 8.67. The Labute approximate surface area is 162 Å². The fraction of sp³-hybridized carbons (Fsp3) is 0.300. The second-order valence-electron chi connectivity index (χ2n) is 6.33. The molecule has 1 atom stereocenters. The molecule has 138 valence electrons. The van der Waals surface area contributed by atoms with Gasteiger partial charge in [-0.25, -0.2) is 4.98 Å². The predicted molar refractivity (Wildman–Crippen MR) is 105 cm³/mol. The number of pyridine rings is 1. The Morgan fingerprint density at radius 1 is 1.37 bits per heavy atom. The van der Waals surface area contributed by atoms with E-state index in [4.69, 9.17) is 5.73 Å². The first kappa shape index (κ1) is 18.9. The Bertz CT molecular complexity index is 936. The summed E-state index contributed by atoms with van der Waals surface area (Å²) in [6.45, 7) is 1.90. The molecule has 1 aliphatic carbocycles. The average molecular weight is 380 g/mol. The summed E-state index contributed by atoms with van der Waals surface area (Å²) >= 11 is 1.29. The molecular weight excluding hydrogens is 360 g/mol. The van der Waals surface area contributed by atoms with Crippen molar-refractivity contribution in [1.29, 1.82) is 5.26 Å². The van der Waals surface area contributed by atoms with E-state index >= 15 is 0 Å². The fourth-order valence-electron chi connectivity index (χ4n) is 3.10. The lowest BCUT2D eigenvalue weighted by Crippen LogP contribution is -2.26. The number of thioether (sulfide) groups is 1. The number of aryl methyl sites for hydroxylation is 2. The number of nitriles is 1. The van der Waals surface area contributed by atoms with Gasteiger partial charge in [0.05, 0.1) is 22.1 Å². The number of fused-ring (bicyclic) bond motifs is 1. The lowest BCUT2D eigenvalue weighted by molar-refractivity contribution is -0.115. The van der Waals surface area contributed by atoms with E-state index in [1.54, 1.807) is 24.3 Å². The molecular formula is C20H20N4O2S. The molecule has 1 unspecified atom stereocenters. The van der Waals surface area contributed by atoms with Crippen LogP contribution < -0.4 is 11.1 Å². The van der Waals surface area contributed by atoms with E-state index < -0.39 is 11.2 Å². The summed E-state index contributed by atoms with van der Waals surface area (Å²) in [6, 6.07) is 10.7. The Morgan fingerprint density at radius 3 is 2.85 bits per heavy atom. The third kappa shape index (κ3) is 4.12. The number of benzene rings is 1. The van der Waals surface area contributed by atoms with Crippen molar-refractivity contribution in [2.75, 3.05) is 5.32 Å². The van der Waals surface area contributed by atoms with Gasteiger partial charge in [-0.2, -0.15) is 5.26 Å². The zero-order chi connectivity index (χ0) is 19.4. The lowest BCUT2D eigenvalue weighted by Gasteiger charge is -2.16. The number of carbonyl (C=O) groups excluding carboxylic acids is 2. The summed E-state index contributed by atoms with van der Waals surface area (Å²) in [5.74, 6) is -0.846. The van der Waals surface area contributed by atoms with E-state index in [0.717, 1.165) is 30.5 Å². The molecule has 7 heteroatoms. The van der Waals surface area contributed by atoms with E-state index in [0.29, 0.717) is 22.7 Å². The highest BCUT2D eigenvalue weighted by Crippen LogP contribution is 2.32. The number of hydrogen-bond donors (Lipinski definition) is 2. The Morgan fingerprint density at radius 2 is 2.15 bits per heavy atom. The van der Waals surface area contributed by atoms with Crippen LogP contribution in [0.5, 0.6) is 0 Å². The number of anilines is 1. The molecule has 1 aromatic heterocycles. The van der Waals surface area contributed by atoms with Crippen LogP contribution in [0, 0.1) is 11.3 Å². The Hall–Kier alpha value is -2.85. The van der Waals surface area contributed by atoms with Crippen LogP contribution in [0.1, 0.15) is 46.9 Å². The second kappa shape index (κ2) is 8.23. The monoisotopic (exact) mass is 380 g/mol. The maximum Gasteiger partial charge on any atom is 0.250 e. The largest absolute Gasteiger partial charge is 0.366 e. The van der Waals surface area contributed by atoms with E-state index in [2.05, 4.69) is 16.4 Å². The van der Waals surface area contributed by atoms with Crippen molar-refractivity contribution >= 4 is 29.3 Å². The van der Waals surface area contributed by atoms with Crippen molar-refractivity contribution in [3.63, 3.8) is 0 Å². The van der Waals surface area contributed by atoms with Crippen molar-refractivity contribution in [3.8, 4) is 6.07 Å². The molecule has 0 bridgehead atoms. The predicted octanol–water partition coefficient (Wildman–Crippen LogP) is 3.05. The number of aromatic nitrogens is 1. The molecule has 27 heavy (non-hydrogen) atoms. The smallest absolute Gasteiger partial charge is 0.250 e. The van der Waals surface area contributed by atoms with Crippen molar-refractivity contribution < 1.29 is 9.59 Å². The van der Waals surface area contributed by atoms with Gasteiger partial charge in [0, 0.05) is 5.69 Å². The summed E-state index contributed by atoms with van der Waals surface area (Å²) in [5, 5.41) is 12.4. The quantitative estimate of drug-likeness (QED) is 0.749. The second-order valence-corrected chi connectivity index (χ2v) is 7.52. The maximum absolute atomic E-state index is 12.8. The third-order valence-electron chi connectivity index (χ3n) is 4.50. The summed E-state index contributed by atoms with van der Waals surface area (Å²) in [6.07, 6.45) is 3.45. The van der Waals surface area contributed by atoms with E-state index in [1.165, 1.54) is 11.8 Å². The highest BCUT2D eigenvalue weighted by Gasteiger charge is 2.24. The molecule has 0 spiro atoms. The molecule has 0 saturated heterocycles. The molecule has 6 nitrogen and oxygen atoms in total. The van der Waals surface area contributed by atoms with Gasteiger partial charge in [-0.15, -0.1) is 0 Å². The van der Waals surface area contributed by atoms with Crippen LogP contribution in [0.4, 0.5) is 5.69 Å². The highest BCUT2D eigenvalue weighted by atomic mass is 32.2. The maximum atomic E-state index is 12.8. The van der Waals surface area contributed by atoms with Gasteiger partial charge < -0.3 is 11.1 Å². The van der Waals surface area contributed by atoms with Gasteiger partial charge in [-0.05, 0) is 49.4 Å². The van der Waals surface area contributed by atoms with Crippen molar-refractivity contribution in [2.24, 2.45) is 5.73 Å². The van der Waals surface area contributed by atoms with Crippen molar-refractivity contribution in [1.82, 2.24) is 4.98 Å². The molecule has 0 fully saturated rings. The van der Waals surface area contributed by atoms with Gasteiger partial charge in [-0.3, -0.25) is 9.59 Å². The standard InChI is InChI=1S/C20H20N4O2S/c1-2-17(19(26)23-16-8-4-3-7-14(16)18(22)25)27-20-13(11-21)10-12-6-5-9-15(12)24-20/h3-4,7-8,10,17H,2,5-6,9H2,1H3,(H2,22,25)(H,23,26). The zero-order valence-corrected chi connectivity index (χ0v) is 15.8. The van der Waals surface area contributed by atoms with E-state index in [1.807, 2.05) is 13.0 Å². The number of amides is 2. The molecule has 0 saturated carbocycles. The summed E-state index contributed by atoms with van der Waals surface area (Å²) in [4.78, 5) is 28.9.